The van der Waals surface area contributed by atoms with Crippen LogP contribution in [0.5, 0.6) is 11.5 Å². The number of urea groups is 1. The molecule has 25 heavy (non-hydrogen) atoms. The van der Waals surface area contributed by atoms with Gasteiger partial charge in [0.2, 0.25) is 0 Å². The Morgan fingerprint density at radius 3 is 2.92 bits per heavy atom. The summed E-state index contributed by atoms with van der Waals surface area (Å²) in [5.74, 6) is 1.28. The van der Waals surface area contributed by atoms with Crippen LogP contribution in [-0.2, 0) is 0 Å². The van der Waals surface area contributed by atoms with Gasteiger partial charge in [0.25, 0.3) is 0 Å². The normalized spacial score (nSPS) is 24.2. The molecule has 130 valence electrons. The third-order valence-corrected chi connectivity index (χ3v) is 5.28. The van der Waals surface area contributed by atoms with E-state index >= 15 is 0 Å². The summed E-state index contributed by atoms with van der Waals surface area (Å²) in [6.07, 6.45) is 0.609. The zero-order valence-electron chi connectivity index (χ0n) is 13.7. The number of anilines is 1. The summed E-state index contributed by atoms with van der Waals surface area (Å²) in [5, 5.41) is 3.63. The van der Waals surface area contributed by atoms with Crippen molar-refractivity contribution in [1.82, 2.24) is 5.32 Å². The Kier molecular flexibility index (Phi) is 3.85. The lowest BCUT2D eigenvalue weighted by molar-refractivity contribution is 0.0349. The van der Waals surface area contributed by atoms with Crippen LogP contribution in [0.25, 0.3) is 0 Å². The Morgan fingerprint density at radius 1 is 1.40 bits per heavy atom. The van der Waals surface area contributed by atoms with Gasteiger partial charge in [-0.05, 0) is 37.3 Å². The van der Waals surface area contributed by atoms with Crippen LogP contribution in [0.15, 0.2) is 40.9 Å². The van der Waals surface area contributed by atoms with Gasteiger partial charge in [0, 0.05) is 21.5 Å². The largest absolute Gasteiger partial charge is 0.493 e. The van der Waals surface area contributed by atoms with Crippen LogP contribution in [0.1, 0.15) is 24.9 Å². The van der Waals surface area contributed by atoms with E-state index in [1.54, 1.807) is 24.1 Å². The van der Waals surface area contributed by atoms with Gasteiger partial charge in [-0.1, -0.05) is 33.6 Å². The molecule has 2 atom stereocenters. The SMILES string of the molecule is COc1cc(Br)cc2c1OC1(C)CC2NC(=O)N1c1cccc(Cl)c1. The van der Waals surface area contributed by atoms with Crippen molar-refractivity contribution in [2.45, 2.75) is 25.1 Å². The van der Waals surface area contributed by atoms with Crippen LogP contribution in [0, 0.1) is 0 Å². The number of rotatable bonds is 2. The number of carbonyl (C=O) groups is 1. The average Bonchev–Trinajstić information content (AvgIpc) is 2.54. The lowest BCUT2D eigenvalue weighted by Crippen LogP contribution is -2.65. The molecule has 0 radical (unpaired) electrons. The van der Waals surface area contributed by atoms with Gasteiger partial charge in [0.05, 0.1) is 18.8 Å². The van der Waals surface area contributed by atoms with E-state index in [4.69, 9.17) is 21.1 Å². The predicted octanol–water partition coefficient (Wildman–Crippen LogP) is 4.88. The zero-order chi connectivity index (χ0) is 17.8. The lowest BCUT2D eigenvalue weighted by atomic mass is 9.90. The molecule has 2 heterocycles. The molecule has 0 aliphatic carbocycles. The Balaban J connectivity index is 1.84. The van der Waals surface area contributed by atoms with E-state index < -0.39 is 5.72 Å². The van der Waals surface area contributed by atoms with Crippen molar-refractivity contribution in [3.63, 3.8) is 0 Å². The fourth-order valence-electron chi connectivity index (χ4n) is 3.56. The molecule has 2 aliphatic rings. The monoisotopic (exact) mass is 422 g/mol. The highest BCUT2D eigenvalue weighted by molar-refractivity contribution is 9.10. The highest BCUT2D eigenvalue weighted by atomic mass is 79.9. The summed E-state index contributed by atoms with van der Waals surface area (Å²) in [4.78, 5) is 14.4. The lowest BCUT2D eigenvalue weighted by Gasteiger charge is -2.50. The van der Waals surface area contributed by atoms with Crippen LogP contribution < -0.4 is 19.7 Å². The van der Waals surface area contributed by atoms with Gasteiger partial charge in [0.15, 0.2) is 17.2 Å². The molecule has 2 amide bonds. The number of hydrogen-bond acceptors (Lipinski definition) is 3. The third kappa shape index (κ3) is 2.64. The van der Waals surface area contributed by atoms with Gasteiger partial charge in [0.1, 0.15) is 0 Å². The minimum absolute atomic E-state index is 0.150. The number of halogens is 2. The topological polar surface area (TPSA) is 50.8 Å². The van der Waals surface area contributed by atoms with Crippen molar-refractivity contribution in [1.29, 1.82) is 0 Å². The molecular weight excluding hydrogens is 408 g/mol. The summed E-state index contributed by atoms with van der Waals surface area (Å²) in [5.41, 5.74) is 0.750. The van der Waals surface area contributed by atoms with Gasteiger partial charge in [-0.25, -0.2) is 4.79 Å². The third-order valence-electron chi connectivity index (χ3n) is 4.59. The summed E-state index contributed by atoms with van der Waals surface area (Å²) in [6.45, 7) is 1.91. The number of amides is 2. The van der Waals surface area contributed by atoms with Crippen molar-refractivity contribution >= 4 is 39.2 Å². The maximum atomic E-state index is 12.8. The van der Waals surface area contributed by atoms with E-state index in [0.717, 1.165) is 10.0 Å². The van der Waals surface area contributed by atoms with Crippen LogP contribution >= 0.6 is 27.5 Å². The number of benzene rings is 2. The van der Waals surface area contributed by atoms with Crippen molar-refractivity contribution in [2.75, 3.05) is 12.0 Å². The molecule has 0 aromatic heterocycles. The first kappa shape index (κ1) is 16.5. The van der Waals surface area contributed by atoms with Crippen LogP contribution in [0.3, 0.4) is 0 Å². The van der Waals surface area contributed by atoms with Crippen molar-refractivity contribution in [3.8, 4) is 11.5 Å². The second-order valence-electron chi connectivity index (χ2n) is 6.32. The second-order valence-corrected chi connectivity index (χ2v) is 7.68. The molecule has 5 nitrogen and oxygen atoms in total. The standard InChI is InChI=1S/C18H16BrClN2O3/c1-18-9-14(13-6-10(19)7-15(24-2)16(13)25-18)21-17(23)22(18)12-5-3-4-11(20)8-12/h3-8,14H,9H2,1-2H3,(H,21,23). The highest BCUT2D eigenvalue weighted by Crippen LogP contribution is 2.50. The van der Waals surface area contributed by atoms with Crippen LogP contribution in [0.2, 0.25) is 5.02 Å². The molecule has 2 bridgehead atoms. The summed E-state index contributed by atoms with van der Waals surface area (Å²) in [7, 11) is 1.60. The minimum Gasteiger partial charge on any atom is -0.493 e. The summed E-state index contributed by atoms with van der Waals surface area (Å²) < 4.78 is 12.7. The molecule has 0 saturated carbocycles. The first-order chi connectivity index (χ1) is 11.9. The number of fused-ring (bicyclic) bond motifs is 4. The smallest absolute Gasteiger partial charge is 0.325 e. The fraction of sp³-hybridized carbons (Fsp3) is 0.278. The van der Waals surface area contributed by atoms with E-state index in [2.05, 4.69) is 21.2 Å². The van der Waals surface area contributed by atoms with Gasteiger partial charge < -0.3 is 14.8 Å². The van der Waals surface area contributed by atoms with Crippen LogP contribution in [-0.4, -0.2) is 18.9 Å². The molecule has 1 N–H and O–H groups in total. The Labute approximate surface area is 159 Å². The summed E-state index contributed by atoms with van der Waals surface area (Å²) >= 11 is 9.60. The maximum Gasteiger partial charge on any atom is 0.325 e. The number of nitrogens with zero attached hydrogens (tertiary/aromatic N) is 1. The van der Waals surface area contributed by atoms with Crippen molar-refractivity contribution in [3.05, 3.63) is 51.5 Å². The van der Waals surface area contributed by atoms with E-state index in [-0.39, 0.29) is 12.1 Å². The number of nitrogens with one attached hydrogen (secondary N) is 1. The number of ether oxygens (including phenoxy) is 2. The molecule has 2 aromatic carbocycles. The average molecular weight is 424 g/mol. The van der Waals surface area contributed by atoms with Gasteiger partial charge >= 0.3 is 6.03 Å². The minimum atomic E-state index is -0.841. The molecule has 2 aliphatic heterocycles. The van der Waals surface area contributed by atoms with Gasteiger partial charge in [-0.3, -0.25) is 4.90 Å². The number of carbonyl (C=O) groups excluding carboxylic acids is 1. The molecule has 4 rings (SSSR count). The molecule has 7 heteroatoms. The second kappa shape index (κ2) is 5.81. The summed E-state index contributed by atoms with van der Waals surface area (Å²) in [6, 6.07) is 10.6. The van der Waals surface area contributed by atoms with Crippen molar-refractivity contribution in [2.24, 2.45) is 0 Å². The number of methoxy groups -OCH3 is 1. The molecule has 1 fully saturated rings. The quantitative estimate of drug-likeness (QED) is 0.749. The Hall–Kier alpha value is -1.92. The predicted molar refractivity (Wildman–Crippen MR) is 99.5 cm³/mol. The molecule has 2 unspecified atom stereocenters. The highest BCUT2D eigenvalue weighted by Gasteiger charge is 2.50. The van der Waals surface area contributed by atoms with E-state index in [1.165, 1.54) is 0 Å². The fourth-order valence-corrected chi connectivity index (χ4v) is 4.20. The van der Waals surface area contributed by atoms with E-state index in [9.17, 15) is 4.79 Å². The molecular formula is C18H16BrClN2O3. The first-order valence-corrected chi connectivity index (χ1v) is 9.01. The number of hydrogen-bond donors (Lipinski definition) is 1. The molecule has 0 spiro atoms. The van der Waals surface area contributed by atoms with Crippen LogP contribution in [0.4, 0.5) is 10.5 Å². The first-order valence-electron chi connectivity index (χ1n) is 7.84. The van der Waals surface area contributed by atoms with Crippen molar-refractivity contribution < 1.29 is 14.3 Å². The Morgan fingerprint density at radius 2 is 2.20 bits per heavy atom. The Bertz CT molecular complexity index is 875. The zero-order valence-corrected chi connectivity index (χ0v) is 16.0. The van der Waals surface area contributed by atoms with Gasteiger partial charge in [-0.2, -0.15) is 0 Å². The van der Waals surface area contributed by atoms with E-state index in [0.29, 0.717) is 28.6 Å². The maximum absolute atomic E-state index is 12.8. The van der Waals surface area contributed by atoms with E-state index in [1.807, 2.05) is 31.2 Å². The van der Waals surface area contributed by atoms with Gasteiger partial charge in [-0.15, -0.1) is 0 Å². The molecule has 2 aromatic rings. The molecule has 1 saturated heterocycles.